The molecule has 2 aromatic rings. The van der Waals surface area contributed by atoms with E-state index in [1.165, 1.54) is 12.1 Å². The molecule has 132 valence electrons. The number of benzene rings is 2. The van der Waals surface area contributed by atoms with Gasteiger partial charge in [-0.15, -0.1) is 0 Å². The van der Waals surface area contributed by atoms with E-state index in [4.69, 9.17) is 0 Å². The van der Waals surface area contributed by atoms with E-state index in [1.807, 2.05) is 24.3 Å². The molecule has 1 unspecified atom stereocenters. The van der Waals surface area contributed by atoms with Gasteiger partial charge in [-0.25, -0.2) is 4.39 Å². The van der Waals surface area contributed by atoms with E-state index in [9.17, 15) is 14.0 Å². The molecule has 0 spiro atoms. The summed E-state index contributed by atoms with van der Waals surface area (Å²) in [5.74, 6) is -0.524. The summed E-state index contributed by atoms with van der Waals surface area (Å²) < 4.78 is 14.2. The predicted molar refractivity (Wildman–Crippen MR) is 101 cm³/mol. The molecule has 26 heavy (non-hydrogen) atoms. The zero-order chi connectivity index (χ0) is 18.3. The van der Waals surface area contributed by atoms with Gasteiger partial charge in [-0.05, 0) is 54.8 Å². The Kier molecular flexibility index (Phi) is 4.49. The van der Waals surface area contributed by atoms with E-state index in [2.05, 4.69) is 15.9 Å². The third-order valence-electron chi connectivity index (χ3n) is 5.01. The summed E-state index contributed by atoms with van der Waals surface area (Å²) in [6, 6.07) is 13.6. The Morgan fingerprint density at radius 1 is 1.04 bits per heavy atom. The summed E-state index contributed by atoms with van der Waals surface area (Å²) in [5, 5.41) is 0. The van der Waals surface area contributed by atoms with E-state index in [0.717, 1.165) is 27.7 Å². The van der Waals surface area contributed by atoms with Crippen molar-refractivity contribution in [3.05, 3.63) is 75.7 Å². The van der Waals surface area contributed by atoms with Crippen molar-refractivity contribution in [2.45, 2.75) is 31.6 Å². The van der Waals surface area contributed by atoms with Crippen molar-refractivity contribution in [1.29, 1.82) is 0 Å². The topological polar surface area (TPSA) is 37.4 Å². The molecule has 0 N–H and O–H groups in total. The van der Waals surface area contributed by atoms with Crippen LogP contribution in [0.5, 0.6) is 0 Å². The maximum Gasteiger partial charge on any atom is 0.232 e. The molecule has 0 radical (unpaired) electrons. The van der Waals surface area contributed by atoms with Crippen molar-refractivity contribution in [2.24, 2.45) is 0 Å². The van der Waals surface area contributed by atoms with Crippen LogP contribution in [-0.2, 0) is 9.59 Å². The van der Waals surface area contributed by atoms with Crippen molar-refractivity contribution in [2.75, 3.05) is 4.90 Å². The highest BCUT2D eigenvalue weighted by Gasteiger charge is 2.39. The number of carbonyl (C=O) groups is 2. The molecule has 2 aromatic carbocycles. The number of amides is 1. The predicted octanol–water partition coefficient (Wildman–Crippen LogP) is 5.12. The van der Waals surface area contributed by atoms with Crippen LogP contribution in [0.25, 0.3) is 0 Å². The van der Waals surface area contributed by atoms with Crippen molar-refractivity contribution >= 4 is 33.3 Å². The highest BCUT2D eigenvalue weighted by molar-refractivity contribution is 9.10. The van der Waals surface area contributed by atoms with E-state index in [1.54, 1.807) is 17.0 Å². The molecule has 0 fully saturated rings. The maximum absolute atomic E-state index is 13.3. The number of Topliss-reactive ketones (excluding diaryl/α,β-unsaturated/α-hetero) is 1. The van der Waals surface area contributed by atoms with Crippen LogP contribution in [0.15, 0.2) is 64.3 Å². The van der Waals surface area contributed by atoms with Crippen LogP contribution in [0, 0.1) is 5.82 Å². The number of allylic oxidation sites excluding steroid dienone is 2. The van der Waals surface area contributed by atoms with Crippen LogP contribution >= 0.6 is 15.9 Å². The highest BCUT2D eigenvalue weighted by atomic mass is 79.9. The molecule has 1 aliphatic carbocycles. The Labute approximate surface area is 159 Å². The molecule has 0 aromatic heterocycles. The van der Waals surface area contributed by atoms with Gasteiger partial charge >= 0.3 is 0 Å². The molecule has 1 aliphatic heterocycles. The number of anilines is 1. The van der Waals surface area contributed by atoms with Gasteiger partial charge in [0.1, 0.15) is 5.82 Å². The molecular weight excluding hydrogens is 397 g/mol. The van der Waals surface area contributed by atoms with Gasteiger partial charge < -0.3 is 0 Å². The summed E-state index contributed by atoms with van der Waals surface area (Å²) in [6.45, 7) is 0. The third-order valence-corrected chi connectivity index (χ3v) is 5.50. The first-order valence-electron chi connectivity index (χ1n) is 8.65. The number of carbonyl (C=O) groups excluding carboxylic acids is 2. The lowest BCUT2D eigenvalue weighted by Gasteiger charge is -2.38. The van der Waals surface area contributed by atoms with E-state index in [0.29, 0.717) is 18.5 Å². The maximum atomic E-state index is 13.3. The molecule has 0 bridgehead atoms. The van der Waals surface area contributed by atoms with Gasteiger partial charge in [0.25, 0.3) is 0 Å². The summed E-state index contributed by atoms with van der Waals surface area (Å²) in [4.78, 5) is 27.4. The zero-order valence-electron chi connectivity index (χ0n) is 14.0. The van der Waals surface area contributed by atoms with Gasteiger partial charge in [0.15, 0.2) is 5.78 Å². The quantitative estimate of drug-likeness (QED) is 0.685. The van der Waals surface area contributed by atoms with E-state index < -0.39 is 0 Å². The first kappa shape index (κ1) is 17.2. The van der Waals surface area contributed by atoms with Crippen LogP contribution in [0.2, 0.25) is 0 Å². The summed E-state index contributed by atoms with van der Waals surface area (Å²) in [6.07, 6.45) is 2.15. The average molecular weight is 414 g/mol. The van der Waals surface area contributed by atoms with Gasteiger partial charge in [-0.1, -0.05) is 28.1 Å². The van der Waals surface area contributed by atoms with Crippen LogP contribution in [0.4, 0.5) is 10.1 Å². The minimum absolute atomic E-state index is 0.0602. The number of ketones is 1. The number of halogens is 2. The highest BCUT2D eigenvalue weighted by Crippen LogP contribution is 2.43. The van der Waals surface area contributed by atoms with Gasteiger partial charge in [0, 0.05) is 40.2 Å². The molecule has 1 amide bonds. The molecule has 1 atom stereocenters. The second-order valence-electron chi connectivity index (χ2n) is 6.65. The van der Waals surface area contributed by atoms with Crippen LogP contribution in [-0.4, -0.2) is 11.7 Å². The Balaban J connectivity index is 1.85. The fourth-order valence-corrected chi connectivity index (χ4v) is 4.31. The van der Waals surface area contributed by atoms with Crippen molar-refractivity contribution in [1.82, 2.24) is 0 Å². The van der Waals surface area contributed by atoms with Gasteiger partial charge in [-0.3, -0.25) is 14.5 Å². The molecule has 0 saturated carbocycles. The molecule has 0 saturated heterocycles. The summed E-state index contributed by atoms with van der Waals surface area (Å²) >= 11 is 3.47. The molecule has 5 heteroatoms. The van der Waals surface area contributed by atoms with Crippen LogP contribution < -0.4 is 4.90 Å². The first-order valence-corrected chi connectivity index (χ1v) is 9.44. The second kappa shape index (κ2) is 6.80. The lowest BCUT2D eigenvalue weighted by atomic mass is 9.77. The lowest BCUT2D eigenvalue weighted by molar-refractivity contribution is -0.119. The third kappa shape index (κ3) is 3.01. The summed E-state index contributed by atoms with van der Waals surface area (Å²) in [7, 11) is 0. The Morgan fingerprint density at radius 3 is 2.54 bits per heavy atom. The standard InChI is InChI=1S/C21H17BrFNO2/c22-14-4-1-3-13(11-14)17-12-20(26)24(16-9-7-15(23)8-10-16)18-5-2-6-19(25)21(17)18/h1,3-4,7-11,17H,2,5-6,12H2. The first-order chi connectivity index (χ1) is 12.5. The molecule has 2 aliphatic rings. The Morgan fingerprint density at radius 2 is 1.81 bits per heavy atom. The Bertz CT molecular complexity index is 920. The van der Waals surface area contributed by atoms with Crippen LogP contribution in [0.1, 0.15) is 37.2 Å². The average Bonchev–Trinajstić information content (AvgIpc) is 2.62. The zero-order valence-corrected chi connectivity index (χ0v) is 15.6. The fraction of sp³-hybridized carbons (Fsp3) is 0.238. The number of nitrogens with zero attached hydrogens (tertiary/aromatic N) is 1. The minimum atomic E-state index is -0.348. The van der Waals surface area contributed by atoms with Crippen LogP contribution in [0.3, 0.4) is 0 Å². The number of rotatable bonds is 2. The smallest absolute Gasteiger partial charge is 0.232 e. The van der Waals surface area contributed by atoms with Crippen molar-refractivity contribution < 1.29 is 14.0 Å². The largest absolute Gasteiger partial charge is 0.294 e. The number of hydrogen-bond acceptors (Lipinski definition) is 2. The normalized spacial score (nSPS) is 20.4. The van der Waals surface area contributed by atoms with E-state index >= 15 is 0 Å². The van der Waals surface area contributed by atoms with Crippen molar-refractivity contribution in [3.63, 3.8) is 0 Å². The van der Waals surface area contributed by atoms with E-state index in [-0.39, 0.29) is 29.8 Å². The Hall–Kier alpha value is -2.27. The minimum Gasteiger partial charge on any atom is -0.294 e. The molecule has 3 nitrogen and oxygen atoms in total. The molecular formula is C21H17BrFNO2. The molecule has 1 heterocycles. The monoisotopic (exact) mass is 413 g/mol. The van der Waals surface area contributed by atoms with Crippen molar-refractivity contribution in [3.8, 4) is 0 Å². The van der Waals surface area contributed by atoms with Gasteiger partial charge in [0.05, 0.1) is 0 Å². The summed E-state index contributed by atoms with van der Waals surface area (Å²) in [5.41, 5.74) is 3.09. The van der Waals surface area contributed by atoms with Gasteiger partial charge in [-0.2, -0.15) is 0 Å². The molecule has 4 rings (SSSR count). The number of hydrogen-bond donors (Lipinski definition) is 0. The lowest BCUT2D eigenvalue weighted by Crippen LogP contribution is -2.40. The SMILES string of the molecule is O=C1CCCC2=C1C(c1cccc(Br)c1)CC(=O)N2c1ccc(F)cc1. The second-order valence-corrected chi connectivity index (χ2v) is 7.57. The fourth-order valence-electron chi connectivity index (χ4n) is 3.89. The van der Waals surface area contributed by atoms with Gasteiger partial charge in [0.2, 0.25) is 5.91 Å².